The Kier molecular flexibility index (Phi) is 4.74. The van der Waals surface area contributed by atoms with Gasteiger partial charge >= 0.3 is 5.97 Å². The number of ether oxygens (including phenoxy) is 1. The van der Waals surface area contributed by atoms with Crippen molar-refractivity contribution >= 4 is 5.97 Å². The second kappa shape index (κ2) is 5.05. The van der Waals surface area contributed by atoms with Crippen LogP contribution in [0.1, 0.15) is 40.5 Å². The molecule has 0 aliphatic rings. The van der Waals surface area contributed by atoms with Crippen LogP contribution in [0.3, 0.4) is 0 Å². The molecule has 0 aromatic rings. The van der Waals surface area contributed by atoms with Gasteiger partial charge in [0.1, 0.15) is 5.60 Å². The van der Waals surface area contributed by atoms with Gasteiger partial charge in [0.05, 0.1) is 0 Å². The zero-order valence-corrected chi connectivity index (χ0v) is 9.09. The quantitative estimate of drug-likeness (QED) is 0.485. The monoisotopic (exact) mass is 184 g/mol. The molecule has 0 spiro atoms. The highest BCUT2D eigenvalue weighted by atomic mass is 16.6. The van der Waals surface area contributed by atoms with Crippen molar-refractivity contribution in [3.63, 3.8) is 0 Å². The second-order valence-corrected chi connectivity index (χ2v) is 3.92. The fraction of sp³-hybridized carbons (Fsp3) is 0.727. The molecule has 0 rings (SSSR count). The molecule has 0 aliphatic carbocycles. The van der Waals surface area contributed by atoms with Crippen LogP contribution >= 0.6 is 0 Å². The van der Waals surface area contributed by atoms with Crippen LogP contribution < -0.4 is 0 Å². The minimum absolute atomic E-state index is 0.340. The summed E-state index contributed by atoms with van der Waals surface area (Å²) in [5, 5.41) is 0. The third-order valence-corrected chi connectivity index (χ3v) is 2.44. The second-order valence-electron chi connectivity index (χ2n) is 3.92. The summed E-state index contributed by atoms with van der Waals surface area (Å²) in [6.07, 6.45) is 3.38. The first-order valence-electron chi connectivity index (χ1n) is 4.79. The van der Waals surface area contributed by atoms with E-state index in [0.29, 0.717) is 5.92 Å². The summed E-state index contributed by atoms with van der Waals surface area (Å²) >= 11 is 0. The summed E-state index contributed by atoms with van der Waals surface area (Å²) in [5.74, 6) is 0.0364. The molecule has 0 aromatic heterocycles. The molecule has 0 aromatic carbocycles. The summed E-state index contributed by atoms with van der Waals surface area (Å²) in [7, 11) is 0. The summed E-state index contributed by atoms with van der Waals surface area (Å²) in [5.41, 5.74) is -0.388. The maximum Gasteiger partial charge on any atom is 0.330 e. The highest BCUT2D eigenvalue weighted by molar-refractivity contribution is 5.81. The van der Waals surface area contributed by atoms with Crippen LogP contribution in [0.15, 0.2) is 12.7 Å². The summed E-state index contributed by atoms with van der Waals surface area (Å²) < 4.78 is 5.24. The maximum absolute atomic E-state index is 11.0. The van der Waals surface area contributed by atoms with Crippen molar-refractivity contribution in [3.8, 4) is 0 Å². The molecule has 0 saturated heterocycles. The standard InChI is InChI=1S/C11H20O2/c1-6-8-9(3)11(4,5)13-10(12)7-2/h7,9H,2,6,8H2,1,3-5H3. The van der Waals surface area contributed by atoms with Crippen LogP contribution in [0.4, 0.5) is 0 Å². The van der Waals surface area contributed by atoms with Gasteiger partial charge in [-0.05, 0) is 26.2 Å². The average molecular weight is 184 g/mol. The van der Waals surface area contributed by atoms with E-state index >= 15 is 0 Å². The molecule has 1 atom stereocenters. The van der Waals surface area contributed by atoms with Crippen LogP contribution in [-0.4, -0.2) is 11.6 Å². The minimum Gasteiger partial charge on any atom is -0.456 e. The smallest absolute Gasteiger partial charge is 0.330 e. The summed E-state index contributed by atoms with van der Waals surface area (Å²) in [4.78, 5) is 11.0. The van der Waals surface area contributed by atoms with Crippen LogP contribution in [-0.2, 0) is 9.53 Å². The highest BCUT2D eigenvalue weighted by Gasteiger charge is 2.28. The molecule has 0 amide bonds. The topological polar surface area (TPSA) is 26.3 Å². The number of hydrogen-bond acceptors (Lipinski definition) is 2. The van der Waals surface area contributed by atoms with Gasteiger partial charge in [0.25, 0.3) is 0 Å². The Labute approximate surface area is 81.0 Å². The van der Waals surface area contributed by atoms with E-state index in [1.165, 1.54) is 6.08 Å². The number of rotatable bonds is 5. The average Bonchev–Trinajstić information content (AvgIpc) is 2.04. The Morgan fingerprint density at radius 2 is 2.15 bits per heavy atom. The number of carbonyl (C=O) groups is 1. The zero-order valence-electron chi connectivity index (χ0n) is 9.09. The molecule has 0 radical (unpaired) electrons. The van der Waals surface area contributed by atoms with Gasteiger partial charge in [-0.25, -0.2) is 4.79 Å². The molecular formula is C11H20O2. The Balaban J connectivity index is 4.19. The number of carbonyl (C=O) groups excluding carboxylic acids is 1. The summed E-state index contributed by atoms with van der Waals surface area (Å²) in [6.45, 7) is 11.5. The van der Waals surface area contributed by atoms with Crippen LogP contribution in [0.25, 0.3) is 0 Å². The van der Waals surface area contributed by atoms with Crippen molar-refractivity contribution in [1.82, 2.24) is 0 Å². The fourth-order valence-electron chi connectivity index (χ4n) is 1.18. The predicted octanol–water partition coefficient (Wildman–Crippen LogP) is 2.93. The highest BCUT2D eigenvalue weighted by Crippen LogP contribution is 2.25. The van der Waals surface area contributed by atoms with Crippen molar-refractivity contribution in [1.29, 1.82) is 0 Å². The van der Waals surface area contributed by atoms with E-state index in [0.717, 1.165) is 12.8 Å². The van der Waals surface area contributed by atoms with Crippen molar-refractivity contribution in [2.45, 2.75) is 46.1 Å². The van der Waals surface area contributed by atoms with E-state index < -0.39 is 0 Å². The lowest BCUT2D eigenvalue weighted by Gasteiger charge is -2.31. The molecule has 2 nitrogen and oxygen atoms in total. The molecule has 13 heavy (non-hydrogen) atoms. The third kappa shape index (κ3) is 4.11. The van der Waals surface area contributed by atoms with E-state index in [1.54, 1.807) is 0 Å². The first kappa shape index (κ1) is 12.2. The van der Waals surface area contributed by atoms with E-state index in [9.17, 15) is 4.79 Å². The Bertz CT molecular complexity index is 183. The minimum atomic E-state index is -0.388. The van der Waals surface area contributed by atoms with Crippen molar-refractivity contribution in [2.75, 3.05) is 0 Å². The Hall–Kier alpha value is -0.790. The lowest BCUT2D eigenvalue weighted by Crippen LogP contribution is -2.34. The third-order valence-electron chi connectivity index (χ3n) is 2.44. The lowest BCUT2D eigenvalue weighted by molar-refractivity contribution is -0.155. The fourth-order valence-corrected chi connectivity index (χ4v) is 1.18. The van der Waals surface area contributed by atoms with Gasteiger partial charge in [-0.1, -0.05) is 26.8 Å². The Morgan fingerprint density at radius 3 is 2.54 bits per heavy atom. The molecule has 0 heterocycles. The van der Waals surface area contributed by atoms with E-state index in [4.69, 9.17) is 4.74 Å². The molecular weight excluding hydrogens is 164 g/mol. The van der Waals surface area contributed by atoms with E-state index in [-0.39, 0.29) is 11.6 Å². The molecule has 1 unspecified atom stereocenters. The predicted molar refractivity (Wildman–Crippen MR) is 54.4 cm³/mol. The van der Waals surface area contributed by atoms with Crippen LogP contribution in [0.2, 0.25) is 0 Å². The lowest BCUT2D eigenvalue weighted by atomic mass is 9.89. The molecule has 0 saturated carbocycles. The maximum atomic E-state index is 11.0. The van der Waals surface area contributed by atoms with Crippen LogP contribution in [0, 0.1) is 5.92 Å². The molecule has 0 aliphatic heterocycles. The first-order valence-corrected chi connectivity index (χ1v) is 4.79. The van der Waals surface area contributed by atoms with Gasteiger partial charge in [-0.2, -0.15) is 0 Å². The molecule has 0 bridgehead atoms. The van der Waals surface area contributed by atoms with Gasteiger partial charge in [0.2, 0.25) is 0 Å². The molecule has 2 heteroatoms. The Morgan fingerprint density at radius 1 is 1.62 bits per heavy atom. The normalized spacial score (nSPS) is 13.5. The van der Waals surface area contributed by atoms with Crippen molar-refractivity contribution in [2.24, 2.45) is 5.92 Å². The zero-order chi connectivity index (χ0) is 10.5. The largest absolute Gasteiger partial charge is 0.456 e. The SMILES string of the molecule is C=CC(=O)OC(C)(C)C(C)CCC. The van der Waals surface area contributed by atoms with Crippen molar-refractivity contribution in [3.05, 3.63) is 12.7 Å². The van der Waals surface area contributed by atoms with Gasteiger partial charge < -0.3 is 4.74 Å². The number of hydrogen-bond donors (Lipinski definition) is 0. The van der Waals surface area contributed by atoms with E-state index in [2.05, 4.69) is 20.4 Å². The van der Waals surface area contributed by atoms with E-state index in [1.807, 2.05) is 13.8 Å². The molecule has 76 valence electrons. The van der Waals surface area contributed by atoms with Gasteiger partial charge in [-0.3, -0.25) is 0 Å². The van der Waals surface area contributed by atoms with Gasteiger partial charge in [-0.15, -0.1) is 0 Å². The van der Waals surface area contributed by atoms with Crippen molar-refractivity contribution < 1.29 is 9.53 Å². The molecule has 0 N–H and O–H groups in total. The van der Waals surface area contributed by atoms with Gasteiger partial charge in [0, 0.05) is 6.08 Å². The van der Waals surface area contributed by atoms with Gasteiger partial charge in [0.15, 0.2) is 0 Å². The van der Waals surface area contributed by atoms with Crippen LogP contribution in [0.5, 0.6) is 0 Å². The first-order chi connectivity index (χ1) is 5.94. The summed E-state index contributed by atoms with van der Waals surface area (Å²) in [6, 6.07) is 0. The molecule has 0 fully saturated rings. The number of esters is 1.